The number of hydrogen-bond donors (Lipinski definition) is 3. The second kappa shape index (κ2) is 17.8. The van der Waals surface area contributed by atoms with Gasteiger partial charge in [0.1, 0.15) is 22.8 Å². The number of halogens is 1. The minimum absolute atomic E-state index is 0.0339. The van der Waals surface area contributed by atoms with E-state index in [2.05, 4.69) is 41.9 Å². The standard InChI is InChI=1S/C43H46ClN7O7S/c44-33-7-5-30(6-8-33)37-4-2-1-3-32(37)28-49-17-19-50(20-18-49)34-9-11-38(41(24-34)58-35-23-31-13-16-45-42(31)47-27-35)43(52)48-59(55,56)36-10-12-39(40(25-36)51(53)54)46-26-29-14-21-57-22-15-29/h5-13,16,23-25,27,29,46H,1-4,14-15,17-22,26,28H2,(H,45,47)(H,48,52). The molecule has 0 atom stereocenters. The summed E-state index contributed by atoms with van der Waals surface area (Å²) in [6.45, 7) is 5.78. The summed E-state index contributed by atoms with van der Waals surface area (Å²) in [5.41, 5.74) is 5.37. The molecule has 3 aliphatic rings. The molecule has 8 rings (SSSR count). The lowest BCUT2D eigenvalue weighted by Crippen LogP contribution is -2.47. The van der Waals surface area contributed by atoms with Crippen LogP contribution >= 0.6 is 11.6 Å². The van der Waals surface area contributed by atoms with E-state index in [9.17, 15) is 23.3 Å². The number of nitrogens with zero attached hydrogens (tertiary/aromatic N) is 4. The van der Waals surface area contributed by atoms with Gasteiger partial charge in [0.05, 0.1) is 21.6 Å². The van der Waals surface area contributed by atoms with Crippen LogP contribution in [0.4, 0.5) is 17.1 Å². The van der Waals surface area contributed by atoms with E-state index in [-0.39, 0.29) is 22.9 Å². The Morgan fingerprint density at radius 3 is 2.54 bits per heavy atom. The van der Waals surface area contributed by atoms with Crippen LogP contribution in [0.25, 0.3) is 16.6 Å². The van der Waals surface area contributed by atoms with Gasteiger partial charge in [0, 0.05) is 86.9 Å². The maximum atomic E-state index is 13.9. The fraction of sp³-hybridized carbons (Fsp3) is 0.349. The van der Waals surface area contributed by atoms with E-state index in [4.69, 9.17) is 21.1 Å². The molecule has 2 fully saturated rings. The number of fused-ring (bicyclic) bond motifs is 1. The zero-order chi connectivity index (χ0) is 40.9. The van der Waals surface area contributed by atoms with Crippen molar-refractivity contribution >= 4 is 61.2 Å². The maximum absolute atomic E-state index is 13.9. The van der Waals surface area contributed by atoms with Gasteiger partial charge in [-0.2, -0.15) is 0 Å². The molecule has 1 amide bonds. The molecular formula is C43H46ClN7O7S. The number of carbonyl (C=O) groups is 1. The van der Waals surface area contributed by atoms with Gasteiger partial charge in [-0.15, -0.1) is 0 Å². The lowest BCUT2D eigenvalue weighted by atomic mass is 9.87. The van der Waals surface area contributed by atoms with Crippen molar-refractivity contribution in [2.45, 2.75) is 43.4 Å². The number of nitrogens with one attached hydrogen (secondary N) is 3. The lowest BCUT2D eigenvalue weighted by molar-refractivity contribution is -0.384. The largest absolute Gasteiger partial charge is 0.455 e. The Balaban J connectivity index is 1.000. The summed E-state index contributed by atoms with van der Waals surface area (Å²) in [7, 11) is -4.55. The number of sulfonamides is 1. The van der Waals surface area contributed by atoms with Gasteiger partial charge >= 0.3 is 0 Å². The van der Waals surface area contributed by atoms with Crippen molar-refractivity contribution < 1.29 is 27.6 Å². The quantitative estimate of drug-likeness (QED) is 0.0775. The molecule has 0 unspecified atom stereocenters. The SMILES string of the molecule is O=C(NS(=O)(=O)c1ccc(NCC2CCOCC2)c([N+](=O)[O-])c1)c1ccc(N2CCN(CC3=C(c4ccc(Cl)cc4)CCCC3)CC2)cc1Oc1cnc2[nH]ccc2c1. The molecule has 5 aromatic rings. The first-order chi connectivity index (χ1) is 28.6. The summed E-state index contributed by atoms with van der Waals surface area (Å²) >= 11 is 6.18. The highest BCUT2D eigenvalue weighted by Crippen LogP contribution is 2.36. The third kappa shape index (κ3) is 9.54. The summed E-state index contributed by atoms with van der Waals surface area (Å²) in [5.74, 6) is -0.188. The molecule has 59 heavy (non-hydrogen) atoms. The van der Waals surface area contributed by atoms with E-state index in [0.717, 1.165) is 80.6 Å². The minimum Gasteiger partial charge on any atom is -0.455 e. The number of rotatable bonds is 13. The van der Waals surface area contributed by atoms with Gasteiger partial charge in [-0.25, -0.2) is 18.1 Å². The molecule has 0 bridgehead atoms. The van der Waals surface area contributed by atoms with Crippen LogP contribution in [-0.2, 0) is 14.8 Å². The number of pyridine rings is 1. The van der Waals surface area contributed by atoms with Gasteiger partial charge in [-0.05, 0) is 104 Å². The van der Waals surface area contributed by atoms with Crippen LogP contribution in [0.3, 0.4) is 0 Å². The monoisotopic (exact) mass is 839 g/mol. The van der Waals surface area contributed by atoms with Gasteiger partial charge in [-0.1, -0.05) is 29.3 Å². The predicted molar refractivity (Wildman–Crippen MR) is 228 cm³/mol. The van der Waals surface area contributed by atoms with E-state index in [1.165, 1.54) is 47.9 Å². The van der Waals surface area contributed by atoms with Crippen LogP contribution in [-0.4, -0.2) is 86.6 Å². The first-order valence-corrected chi connectivity index (χ1v) is 21.8. The average Bonchev–Trinajstić information content (AvgIpc) is 3.72. The van der Waals surface area contributed by atoms with E-state index >= 15 is 0 Å². The molecule has 14 nitrogen and oxygen atoms in total. The molecular weight excluding hydrogens is 794 g/mol. The molecule has 4 heterocycles. The van der Waals surface area contributed by atoms with E-state index in [0.29, 0.717) is 31.2 Å². The third-order valence-corrected chi connectivity index (χ3v) is 12.9. The third-order valence-electron chi connectivity index (χ3n) is 11.4. The number of carbonyl (C=O) groups excluding carboxylic acids is 1. The zero-order valence-corrected chi connectivity index (χ0v) is 34.1. The van der Waals surface area contributed by atoms with Gasteiger partial charge in [0.15, 0.2) is 0 Å². The van der Waals surface area contributed by atoms with Crippen LogP contribution in [0.5, 0.6) is 11.5 Å². The van der Waals surface area contributed by atoms with Gasteiger partial charge in [-0.3, -0.25) is 19.8 Å². The average molecular weight is 840 g/mol. The number of aromatic nitrogens is 2. The first kappa shape index (κ1) is 40.3. The number of amides is 1. The highest BCUT2D eigenvalue weighted by Gasteiger charge is 2.28. The van der Waals surface area contributed by atoms with E-state index in [1.54, 1.807) is 30.5 Å². The van der Waals surface area contributed by atoms with Crippen molar-refractivity contribution in [3.8, 4) is 11.5 Å². The van der Waals surface area contributed by atoms with Gasteiger partial charge < -0.3 is 24.7 Å². The molecule has 2 aromatic heterocycles. The van der Waals surface area contributed by atoms with Crippen LogP contribution < -0.4 is 19.7 Å². The topological polar surface area (TPSA) is 172 Å². The second-order valence-corrected chi connectivity index (χ2v) is 17.4. The molecule has 1 aliphatic carbocycles. The fourth-order valence-electron chi connectivity index (χ4n) is 8.08. The molecule has 3 aromatic carbocycles. The van der Waals surface area contributed by atoms with Crippen molar-refractivity contribution in [1.82, 2.24) is 19.6 Å². The number of nitro benzene ring substituents is 1. The Morgan fingerprint density at radius 1 is 0.983 bits per heavy atom. The Morgan fingerprint density at radius 2 is 1.76 bits per heavy atom. The molecule has 16 heteroatoms. The summed E-state index contributed by atoms with van der Waals surface area (Å²) in [6.07, 6.45) is 9.44. The number of anilines is 2. The normalized spacial score (nSPS) is 16.9. The van der Waals surface area contributed by atoms with Gasteiger partial charge in [0.2, 0.25) is 0 Å². The Hall–Kier alpha value is -5.48. The number of H-pyrrole nitrogens is 1. The van der Waals surface area contributed by atoms with Crippen LogP contribution in [0.2, 0.25) is 5.02 Å². The lowest BCUT2D eigenvalue weighted by Gasteiger charge is -2.37. The number of ether oxygens (including phenoxy) is 2. The summed E-state index contributed by atoms with van der Waals surface area (Å²) in [5, 5.41) is 16.7. The summed E-state index contributed by atoms with van der Waals surface area (Å²) < 4.78 is 41.1. The van der Waals surface area contributed by atoms with Crippen molar-refractivity contribution in [2.24, 2.45) is 5.92 Å². The van der Waals surface area contributed by atoms with E-state index in [1.807, 2.05) is 18.2 Å². The predicted octanol–water partition coefficient (Wildman–Crippen LogP) is 8.02. The summed E-state index contributed by atoms with van der Waals surface area (Å²) in [4.78, 5) is 37.0. The zero-order valence-electron chi connectivity index (χ0n) is 32.5. The number of nitro groups is 1. The highest BCUT2D eigenvalue weighted by molar-refractivity contribution is 7.90. The number of allylic oxidation sites excluding steroid dienone is 1. The highest BCUT2D eigenvalue weighted by atomic mass is 35.5. The van der Waals surface area contributed by atoms with E-state index < -0.39 is 31.4 Å². The van der Waals surface area contributed by atoms with Crippen molar-refractivity contribution in [2.75, 3.05) is 62.7 Å². The van der Waals surface area contributed by atoms with Crippen molar-refractivity contribution in [3.05, 3.63) is 117 Å². The maximum Gasteiger partial charge on any atom is 0.293 e. The Bertz CT molecular complexity index is 2480. The van der Waals surface area contributed by atoms with Crippen LogP contribution in [0.15, 0.2) is 95.7 Å². The second-order valence-electron chi connectivity index (χ2n) is 15.2. The first-order valence-electron chi connectivity index (χ1n) is 20.0. The fourth-order valence-corrected chi connectivity index (χ4v) is 9.19. The molecule has 0 radical (unpaired) electrons. The smallest absolute Gasteiger partial charge is 0.293 e. The Kier molecular flexibility index (Phi) is 12.2. The minimum atomic E-state index is -4.55. The molecule has 0 spiro atoms. The Labute approximate surface area is 347 Å². The van der Waals surface area contributed by atoms with Crippen molar-refractivity contribution in [3.63, 3.8) is 0 Å². The number of hydrogen-bond acceptors (Lipinski definition) is 11. The van der Waals surface area contributed by atoms with Crippen molar-refractivity contribution in [1.29, 1.82) is 0 Å². The molecule has 0 saturated carbocycles. The summed E-state index contributed by atoms with van der Waals surface area (Å²) in [6, 6.07) is 20.4. The van der Waals surface area contributed by atoms with Crippen LogP contribution in [0, 0.1) is 16.0 Å². The van der Waals surface area contributed by atoms with Crippen LogP contribution in [0.1, 0.15) is 54.4 Å². The molecule has 2 saturated heterocycles. The number of aromatic amines is 1. The molecule has 2 aliphatic heterocycles. The number of piperazine rings is 1. The van der Waals surface area contributed by atoms with Gasteiger partial charge in [0.25, 0.3) is 21.6 Å². The molecule has 308 valence electrons. The molecule has 3 N–H and O–H groups in total. The number of benzene rings is 3.